The first-order valence-corrected chi connectivity index (χ1v) is 11.5. The SMILES string of the molecule is NC1=N[C@H](c2cn(-c3ccccc3)nc2-c2cc3ccccc3oc2=O)[n+]2c([nH]c3ccccc32)N1. The molecule has 1 atom stereocenters. The average Bonchev–Trinajstić information content (AvgIpc) is 3.50. The van der Waals surface area contributed by atoms with Crippen molar-refractivity contribution in [3.63, 3.8) is 0 Å². The van der Waals surface area contributed by atoms with Gasteiger partial charge in [0.1, 0.15) is 22.3 Å². The number of fused-ring (bicyclic) bond motifs is 4. The Kier molecular flexibility index (Phi) is 4.31. The maximum atomic E-state index is 13.2. The van der Waals surface area contributed by atoms with Gasteiger partial charge in [-0.1, -0.05) is 48.5 Å². The van der Waals surface area contributed by atoms with Crippen LogP contribution in [0.15, 0.2) is 105 Å². The number of hydrogen-bond donors (Lipinski definition) is 3. The van der Waals surface area contributed by atoms with Crippen molar-refractivity contribution in [2.45, 2.75) is 6.17 Å². The number of para-hydroxylation sites is 4. The smallest absolute Gasteiger partial charge is 0.365 e. The van der Waals surface area contributed by atoms with Crippen molar-refractivity contribution in [1.29, 1.82) is 0 Å². The van der Waals surface area contributed by atoms with Crippen LogP contribution in [-0.4, -0.2) is 20.7 Å². The number of aromatic nitrogens is 4. The highest BCUT2D eigenvalue weighted by atomic mass is 16.4. The van der Waals surface area contributed by atoms with Crippen LogP contribution < -0.4 is 21.2 Å². The second-order valence-corrected chi connectivity index (χ2v) is 8.57. The highest BCUT2D eigenvalue weighted by Crippen LogP contribution is 2.32. The molecule has 3 aromatic carbocycles. The van der Waals surface area contributed by atoms with Crippen molar-refractivity contribution >= 4 is 33.9 Å². The average molecular weight is 475 g/mol. The number of nitrogens with zero attached hydrogens (tertiary/aromatic N) is 4. The fourth-order valence-corrected chi connectivity index (χ4v) is 4.72. The van der Waals surface area contributed by atoms with Crippen LogP contribution in [0.4, 0.5) is 5.95 Å². The number of aromatic amines is 1. The number of aliphatic imine (C=N–C) groups is 1. The molecule has 0 spiro atoms. The number of imidazole rings is 1. The van der Waals surface area contributed by atoms with Gasteiger partial charge in [0.25, 0.3) is 5.96 Å². The van der Waals surface area contributed by atoms with Gasteiger partial charge in [0.05, 0.1) is 16.8 Å². The summed E-state index contributed by atoms with van der Waals surface area (Å²) < 4.78 is 9.43. The number of hydrogen-bond acceptors (Lipinski definition) is 6. The molecule has 0 bridgehead atoms. The summed E-state index contributed by atoms with van der Waals surface area (Å²) in [7, 11) is 0. The lowest BCUT2D eigenvalue weighted by atomic mass is 10.1. The van der Waals surface area contributed by atoms with E-state index in [4.69, 9.17) is 20.2 Å². The molecular formula is C27H20N7O2+. The summed E-state index contributed by atoms with van der Waals surface area (Å²) >= 11 is 0. The van der Waals surface area contributed by atoms with Crippen molar-refractivity contribution < 1.29 is 8.98 Å². The van der Waals surface area contributed by atoms with Crippen LogP contribution in [-0.2, 0) is 0 Å². The first kappa shape index (κ1) is 20.2. The van der Waals surface area contributed by atoms with E-state index in [9.17, 15) is 4.79 Å². The Morgan fingerprint density at radius 1 is 0.972 bits per heavy atom. The predicted octanol–water partition coefficient (Wildman–Crippen LogP) is 3.70. The van der Waals surface area contributed by atoms with E-state index in [0.717, 1.165) is 22.1 Å². The molecule has 36 heavy (non-hydrogen) atoms. The van der Waals surface area contributed by atoms with E-state index in [1.807, 2.05) is 89.6 Å². The van der Waals surface area contributed by atoms with Crippen LogP contribution in [0.25, 0.3) is 38.9 Å². The fraction of sp³-hybridized carbons (Fsp3) is 0.0370. The highest BCUT2D eigenvalue weighted by molar-refractivity contribution is 5.92. The Morgan fingerprint density at radius 2 is 1.75 bits per heavy atom. The summed E-state index contributed by atoms with van der Waals surface area (Å²) in [5, 5.41) is 8.78. The molecule has 174 valence electrons. The quantitative estimate of drug-likeness (QED) is 0.267. The Hall–Kier alpha value is -5.18. The predicted molar refractivity (Wildman–Crippen MR) is 137 cm³/mol. The molecule has 0 unspecified atom stereocenters. The van der Waals surface area contributed by atoms with Crippen molar-refractivity contribution in [2.75, 3.05) is 5.32 Å². The summed E-state index contributed by atoms with van der Waals surface area (Å²) in [5.74, 6) is 0.952. The van der Waals surface area contributed by atoms with E-state index >= 15 is 0 Å². The van der Waals surface area contributed by atoms with E-state index in [2.05, 4.69) is 10.3 Å². The number of nitrogens with two attached hydrogens (primary N) is 1. The number of rotatable bonds is 3. The lowest BCUT2D eigenvalue weighted by molar-refractivity contribution is -0.674. The topological polar surface area (TPSA) is 118 Å². The molecule has 0 radical (unpaired) electrons. The molecule has 4 N–H and O–H groups in total. The molecule has 6 aromatic rings. The molecule has 0 fully saturated rings. The lowest BCUT2D eigenvalue weighted by Gasteiger charge is -2.17. The van der Waals surface area contributed by atoms with Gasteiger partial charge in [-0.05, 0) is 36.4 Å². The maximum Gasteiger partial charge on any atom is 0.365 e. The van der Waals surface area contributed by atoms with Crippen molar-refractivity contribution in [3.05, 3.63) is 107 Å². The molecule has 0 aliphatic carbocycles. The van der Waals surface area contributed by atoms with Gasteiger partial charge in [-0.25, -0.2) is 24.3 Å². The Labute approximate surface area is 204 Å². The molecule has 0 saturated heterocycles. The van der Waals surface area contributed by atoms with E-state index in [0.29, 0.717) is 28.4 Å². The summed E-state index contributed by atoms with van der Waals surface area (Å²) in [6.45, 7) is 0. The molecule has 9 nitrogen and oxygen atoms in total. The third-order valence-corrected chi connectivity index (χ3v) is 6.35. The standard InChI is InChI=1S/C27H19N7O2/c28-26-30-24(34-21-12-6-5-11-20(21)29-27(34)31-26)19-15-33(17-9-2-1-3-10-17)32-23(19)18-14-16-8-4-7-13-22(16)36-25(18)35/h1-15,24H,(H3,28,29,30,31)/p+1/t24-/m0/s1. The van der Waals surface area contributed by atoms with Crippen molar-refractivity contribution in [1.82, 2.24) is 14.8 Å². The highest BCUT2D eigenvalue weighted by Gasteiger charge is 2.35. The van der Waals surface area contributed by atoms with E-state index in [1.165, 1.54) is 0 Å². The van der Waals surface area contributed by atoms with Gasteiger partial charge < -0.3 is 10.2 Å². The first-order chi connectivity index (χ1) is 17.7. The second-order valence-electron chi connectivity index (χ2n) is 8.57. The van der Waals surface area contributed by atoms with E-state index in [1.54, 1.807) is 10.7 Å². The minimum atomic E-state index is -0.573. The Morgan fingerprint density at radius 3 is 2.64 bits per heavy atom. The summed E-state index contributed by atoms with van der Waals surface area (Å²) in [6.07, 6.45) is 1.32. The zero-order valence-electron chi connectivity index (χ0n) is 18.9. The molecule has 1 aliphatic rings. The van der Waals surface area contributed by atoms with E-state index in [-0.39, 0.29) is 5.96 Å². The van der Waals surface area contributed by atoms with Crippen LogP contribution in [0, 0.1) is 0 Å². The van der Waals surface area contributed by atoms with Crippen LogP contribution in [0.5, 0.6) is 0 Å². The third kappa shape index (κ3) is 3.10. The number of guanidine groups is 1. The summed E-state index contributed by atoms with van der Waals surface area (Å²) in [4.78, 5) is 21.3. The van der Waals surface area contributed by atoms with Gasteiger partial charge >= 0.3 is 11.6 Å². The van der Waals surface area contributed by atoms with E-state index < -0.39 is 11.8 Å². The van der Waals surface area contributed by atoms with Crippen LogP contribution in [0.2, 0.25) is 0 Å². The zero-order valence-corrected chi connectivity index (χ0v) is 18.9. The molecule has 7 rings (SSSR count). The molecule has 9 heteroatoms. The number of nitrogens with one attached hydrogen (secondary N) is 2. The van der Waals surface area contributed by atoms with Crippen LogP contribution in [0.3, 0.4) is 0 Å². The molecule has 0 saturated carbocycles. The molecular weight excluding hydrogens is 454 g/mol. The van der Waals surface area contributed by atoms with Gasteiger partial charge in [0.2, 0.25) is 6.17 Å². The first-order valence-electron chi connectivity index (χ1n) is 11.5. The normalized spacial score (nSPS) is 15.0. The van der Waals surface area contributed by atoms with Crippen molar-refractivity contribution in [3.8, 4) is 16.9 Å². The largest absolute Gasteiger partial charge is 0.422 e. The zero-order chi connectivity index (χ0) is 24.2. The van der Waals surface area contributed by atoms with Gasteiger partial charge in [-0.15, -0.1) is 0 Å². The van der Waals surface area contributed by atoms with Crippen LogP contribution >= 0.6 is 0 Å². The van der Waals surface area contributed by atoms with Crippen molar-refractivity contribution in [2.24, 2.45) is 10.7 Å². The van der Waals surface area contributed by atoms with Gasteiger partial charge in [0.15, 0.2) is 0 Å². The maximum absolute atomic E-state index is 13.2. The minimum Gasteiger partial charge on any atom is -0.422 e. The van der Waals surface area contributed by atoms with Crippen LogP contribution in [0.1, 0.15) is 11.7 Å². The lowest BCUT2D eigenvalue weighted by Crippen LogP contribution is -2.48. The second kappa shape index (κ2) is 7.67. The third-order valence-electron chi connectivity index (χ3n) is 6.35. The summed E-state index contributed by atoms with van der Waals surface area (Å²) in [5.41, 5.74) is 10.5. The number of H-pyrrole nitrogens is 1. The fourth-order valence-electron chi connectivity index (χ4n) is 4.72. The number of benzene rings is 3. The Bertz CT molecular complexity index is 1860. The monoisotopic (exact) mass is 474 g/mol. The molecule has 1 aliphatic heterocycles. The molecule has 0 amide bonds. The minimum absolute atomic E-state index is 0.260. The number of anilines is 1. The van der Waals surface area contributed by atoms with Gasteiger partial charge in [-0.3, -0.25) is 0 Å². The molecule has 4 heterocycles. The van der Waals surface area contributed by atoms with Gasteiger partial charge in [0, 0.05) is 11.6 Å². The Balaban J connectivity index is 1.52. The van der Waals surface area contributed by atoms with Gasteiger partial charge in [-0.2, -0.15) is 10.1 Å². The molecule has 3 aromatic heterocycles. The summed E-state index contributed by atoms with van der Waals surface area (Å²) in [6, 6.07) is 26.9.